The summed E-state index contributed by atoms with van der Waals surface area (Å²) in [5.41, 5.74) is 1.38. The number of piperazine rings is 1. The number of hydrogen-bond donors (Lipinski definition) is 2. The number of para-hydroxylation sites is 1. The van der Waals surface area contributed by atoms with Crippen molar-refractivity contribution in [2.24, 2.45) is 0 Å². The zero-order valence-electron chi connectivity index (χ0n) is 17.4. The second-order valence-electron chi connectivity index (χ2n) is 7.53. The van der Waals surface area contributed by atoms with Crippen LogP contribution >= 0.6 is 0 Å². The molecule has 1 fully saturated rings. The molecule has 1 heterocycles. The lowest BCUT2D eigenvalue weighted by atomic mass is 10.1. The van der Waals surface area contributed by atoms with Crippen molar-refractivity contribution < 1.29 is 27.1 Å². The maximum absolute atomic E-state index is 13.9. The number of nitrogens with one attached hydrogen (secondary N) is 1. The second-order valence-corrected chi connectivity index (χ2v) is 9.18. The third-order valence-corrected chi connectivity index (χ3v) is 6.80. The Labute approximate surface area is 189 Å². The van der Waals surface area contributed by atoms with E-state index in [2.05, 4.69) is 9.62 Å². The van der Waals surface area contributed by atoms with Gasteiger partial charge in [0.05, 0.1) is 11.3 Å². The minimum Gasteiger partial charge on any atom is -0.478 e. The van der Waals surface area contributed by atoms with E-state index in [0.29, 0.717) is 44.0 Å². The highest BCUT2D eigenvalue weighted by Crippen LogP contribution is 2.28. The molecule has 0 aliphatic carbocycles. The van der Waals surface area contributed by atoms with Crippen molar-refractivity contribution in [1.29, 1.82) is 0 Å². The molecule has 1 aliphatic heterocycles. The van der Waals surface area contributed by atoms with Crippen molar-refractivity contribution in [3.63, 3.8) is 0 Å². The van der Waals surface area contributed by atoms with Crippen LogP contribution < -0.4 is 14.5 Å². The van der Waals surface area contributed by atoms with Crippen LogP contribution in [-0.2, 0) is 10.0 Å². The highest BCUT2D eigenvalue weighted by atomic mass is 32.2. The monoisotopic (exact) mass is 473 g/mol. The molecule has 0 saturated carbocycles. The maximum atomic E-state index is 13.9. The van der Waals surface area contributed by atoms with Crippen molar-refractivity contribution in [2.75, 3.05) is 40.7 Å². The Morgan fingerprint density at radius 3 is 2.21 bits per heavy atom. The summed E-state index contributed by atoms with van der Waals surface area (Å²) in [6.07, 6.45) is 0. The molecule has 0 unspecified atom stereocenters. The summed E-state index contributed by atoms with van der Waals surface area (Å²) in [5.74, 6) is -3.25. The van der Waals surface area contributed by atoms with Gasteiger partial charge in [0.1, 0.15) is 16.5 Å². The summed E-state index contributed by atoms with van der Waals surface area (Å²) in [7, 11) is -4.46. The smallest absolute Gasteiger partial charge is 0.337 e. The molecule has 0 atom stereocenters. The Kier molecular flexibility index (Phi) is 6.19. The van der Waals surface area contributed by atoms with E-state index < -0.39 is 32.5 Å². The molecule has 10 heteroatoms. The number of sulfonamides is 1. The van der Waals surface area contributed by atoms with Crippen LogP contribution in [0.4, 0.5) is 25.8 Å². The van der Waals surface area contributed by atoms with E-state index >= 15 is 0 Å². The number of anilines is 3. The Balaban J connectivity index is 1.55. The number of benzene rings is 3. The van der Waals surface area contributed by atoms with Crippen LogP contribution in [0, 0.1) is 11.6 Å². The molecule has 2 N–H and O–H groups in total. The first-order chi connectivity index (χ1) is 15.7. The van der Waals surface area contributed by atoms with Gasteiger partial charge in [0.15, 0.2) is 0 Å². The molecule has 172 valence electrons. The molecule has 7 nitrogen and oxygen atoms in total. The summed E-state index contributed by atoms with van der Waals surface area (Å²) in [5, 5.41) is 9.72. The fraction of sp³-hybridized carbons (Fsp3) is 0.174. The van der Waals surface area contributed by atoms with E-state index in [0.717, 1.165) is 11.8 Å². The van der Waals surface area contributed by atoms with Crippen molar-refractivity contribution in [3.8, 4) is 0 Å². The number of carboxylic acids is 1. The lowest BCUT2D eigenvalue weighted by Crippen LogP contribution is -2.47. The molecule has 4 rings (SSSR count). The zero-order chi connectivity index (χ0) is 23.6. The number of nitrogens with zero attached hydrogens (tertiary/aromatic N) is 2. The van der Waals surface area contributed by atoms with Gasteiger partial charge in [-0.05, 0) is 48.5 Å². The van der Waals surface area contributed by atoms with Crippen LogP contribution in [0.5, 0.6) is 0 Å². The summed E-state index contributed by atoms with van der Waals surface area (Å²) in [6, 6.07) is 16.1. The number of halogens is 2. The maximum Gasteiger partial charge on any atom is 0.337 e. The van der Waals surface area contributed by atoms with Gasteiger partial charge in [0.2, 0.25) is 0 Å². The van der Waals surface area contributed by atoms with Crippen molar-refractivity contribution in [1.82, 2.24) is 0 Å². The average molecular weight is 474 g/mol. The molecule has 3 aromatic rings. The molecule has 0 aromatic heterocycles. The van der Waals surface area contributed by atoms with Gasteiger partial charge >= 0.3 is 5.97 Å². The van der Waals surface area contributed by atoms with Gasteiger partial charge in [-0.1, -0.05) is 18.2 Å². The third-order valence-electron chi connectivity index (χ3n) is 5.40. The van der Waals surface area contributed by atoms with Crippen LogP contribution in [0.3, 0.4) is 0 Å². The van der Waals surface area contributed by atoms with E-state index in [1.54, 1.807) is 0 Å². The number of carboxylic acid groups (broad SMARTS) is 1. The normalized spacial score (nSPS) is 14.2. The molecular weight excluding hydrogens is 452 g/mol. The number of hydrogen-bond acceptors (Lipinski definition) is 5. The van der Waals surface area contributed by atoms with Crippen LogP contribution in [0.25, 0.3) is 0 Å². The first-order valence-electron chi connectivity index (χ1n) is 10.1. The Bertz CT molecular complexity index is 1280. The third kappa shape index (κ3) is 4.90. The van der Waals surface area contributed by atoms with E-state index in [1.165, 1.54) is 18.2 Å². The van der Waals surface area contributed by atoms with Crippen molar-refractivity contribution in [2.45, 2.75) is 4.90 Å². The largest absolute Gasteiger partial charge is 0.478 e. The summed E-state index contributed by atoms with van der Waals surface area (Å²) in [4.78, 5) is 15.2. The molecule has 33 heavy (non-hydrogen) atoms. The van der Waals surface area contributed by atoms with Gasteiger partial charge < -0.3 is 14.9 Å². The molecule has 1 saturated heterocycles. The Hall–Kier alpha value is -3.66. The van der Waals surface area contributed by atoms with Gasteiger partial charge in [-0.15, -0.1) is 0 Å². The van der Waals surface area contributed by atoms with E-state index in [9.17, 15) is 27.1 Å². The van der Waals surface area contributed by atoms with Gasteiger partial charge in [-0.2, -0.15) is 0 Å². The minimum atomic E-state index is -4.46. The molecule has 0 amide bonds. The van der Waals surface area contributed by atoms with Crippen LogP contribution in [0.2, 0.25) is 0 Å². The second kappa shape index (κ2) is 9.07. The summed E-state index contributed by atoms with van der Waals surface area (Å²) in [6.45, 7) is 2.54. The number of rotatable bonds is 6. The molecule has 0 radical (unpaired) electrons. The number of aromatic carboxylic acids is 1. The first-order valence-corrected chi connectivity index (χ1v) is 11.6. The fourth-order valence-corrected chi connectivity index (χ4v) is 4.92. The molecule has 3 aromatic carbocycles. The lowest BCUT2D eigenvalue weighted by molar-refractivity contribution is 0.0697. The van der Waals surface area contributed by atoms with Crippen LogP contribution in [0.1, 0.15) is 10.4 Å². The molecule has 0 spiro atoms. The molecule has 0 bridgehead atoms. The van der Waals surface area contributed by atoms with Crippen LogP contribution in [-0.4, -0.2) is 45.7 Å². The summed E-state index contributed by atoms with van der Waals surface area (Å²) < 4.78 is 54.6. The van der Waals surface area contributed by atoms with Crippen LogP contribution in [0.15, 0.2) is 71.6 Å². The quantitative estimate of drug-likeness (QED) is 0.566. The van der Waals surface area contributed by atoms with E-state index in [1.807, 2.05) is 35.2 Å². The summed E-state index contributed by atoms with van der Waals surface area (Å²) >= 11 is 0. The van der Waals surface area contributed by atoms with Gasteiger partial charge in [-0.3, -0.25) is 4.72 Å². The fourth-order valence-electron chi connectivity index (χ4n) is 3.78. The highest BCUT2D eigenvalue weighted by molar-refractivity contribution is 7.92. The first kappa shape index (κ1) is 22.5. The number of carbonyl (C=O) groups is 1. The van der Waals surface area contributed by atoms with E-state index in [-0.39, 0.29) is 11.3 Å². The Morgan fingerprint density at radius 2 is 1.55 bits per heavy atom. The standard InChI is InChI=1S/C23H21F2N3O4S/c24-16-6-8-20(25)22(14-16)33(31,32)26-17-7-9-21(19(15-17)23(29)30)28-12-10-27(11-13-28)18-4-2-1-3-5-18/h1-9,14-15,26H,10-13H2,(H,29,30). The predicted molar refractivity (Wildman–Crippen MR) is 121 cm³/mol. The van der Waals surface area contributed by atoms with Crippen molar-refractivity contribution >= 4 is 33.1 Å². The van der Waals surface area contributed by atoms with Gasteiger partial charge in [0.25, 0.3) is 10.0 Å². The average Bonchev–Trinajstić information content (AvgIpc) is 2.81. The van der Waals surface area contributed by atoms with Gasteiger partial charge in [0, 0.05) is 37.6 Å². The van der Waals surface area contributed by atoms with Crippen molar-refractivity contribution in [3.05, 3.63) is 83.9 Å². The SMILES string of the molecule is O=C(O)c1cc(NS(=O)(=O)c2cc(F)ccc2F)ccc1N1CCN(c2ccccc2)CC1. The Morgan fingerprint density at radius 1 is 0.879 bits per heavy atom. The minimum absolute atomic E-state index is 0.0669. The lowest BCUT2D eigenvalue weighted by Gasteiger charge is -2.38. The molecular formula is C23H21F2N3O4S. The highest BCUT2D eigenvalue weighted by Gasteiger charge is 2.24. The van der Waals surface area contributed by atoms with Gasteiger partial charge in [-0.25, -0.2) is 22.0 Å². The topological polar surface area (TPSA) is 89.9 Å². The zero-order valence-corrected chi connectivity index (χ0v) is 18.2. The predicted octanol–water partition coefficient (Wildman–Crippen LogP) is 3.79. The molecule has 1 aliphatic rings. The van der Waals surface area contributed by atoms with E-state index in [4.69, 9.17) is 0 Å².